The third kappa shape index (κ3) is 4.04. The zero-order chi connectivity index (χ0) is 20.7. The van der Waals surface area contributed by atoms with Crippen molar-refractivity contribution in [1.29, 1.82) is 0 Å². The van der Waals surface area contributed by atoms with Crippen LogP contribution in [0, 0.1) is 29.1 Å². The first-order valence-electron chi connectivity index (χ1n) is 9.90. The van der Waals surface area contributed by atoms with Gasteiger partial charge in [0.15, 0.2) is 0 Å². The second-order valence-corrected chi connectivity index (χ2v) is 8.75. The Morgan fingerprint density at radius 2 is 2.07 bits per heavy atom. The van der Waals surface area contributed by atoms with Crippen molar-refractivity contribution in [2.75, 3.05) is 6.54 Å². The van der Waals surface area contributed by atoms with E-state index >= 15 is 0 Å². The number of fused-ring (bicyclic) bond motifs is 1. The van der Waals surface area contributed by atoms with Crippen molar-refractivity contribution in [3.05, 3.63) is 24.5 Å². The molecule has 7 heteroatoms. The Bertz CT molecular complexity index is 687. The molecule has 0 amide bonds. The highest BCUT2D eigenvalue weighted by molar-refractivity contribution is 5.82. The van der Waals surface area contributed by atoms with Crippen molar-refractivity contribution in [3.63, 3.8) is 0 Å². The molecule has 0 radical (unpaired) electrons. The monoisotopic (exact) mass is 399 g/mol. The molecule has 4 nitrogen and oxygen atoms in total. The maximum Gasteiger partial charge on any atom is 0.401 e. The highest BCUT2D eigenvalue weighted by atomic mass is 19.4. The van der Waals surface area contributed by atoms with Crippen LogP contribution in [-0.2, 0) is 14.3 Å². The number of ether oxygens (including phenoxy) is 1. The number of esters is 1. The van der Waals surface area contributed by atoms with Gasteiger partial charge in [-0.3, -0.25) is 9.59 Å². The van der Waals surface area contributed by atoms with Gasteiger partial charge >= 0.3 is 12.1 Å². The predicted molar refractivity (Wildman–Crippen MR) is 98.1 cm³/mol. The minimum absolute atomic E-state index is 0.0469. The summed E-state index contributed by atoms with van der Waals surface area (Å²) in [5.41, 5.74) is 0.807. The molecule has 3 aliphatic rings. The number of ketones is 1. The second-order valence-electron chi connectivity index (χ2n) is 8.75. The summed E-state index contributed by atoms with van der Waals surface area (Å²) in [6.45, 7) is 7.15. The lowest BCUT2D eigenvalue weighted by Crippen LogP contribution is -2.51. The molecule has 0 aromatic heterocycles. The first-order chi connectivity index (χ1) is 13.0. The van der Waals surface area contributed by atoms with Crippen LogP contribution in [0.5, 0.6) is 0 Å². The highest BCUT2D eigenvalue weighted by Crippen LogP contribution is 2.57. The number of halogens is 3. The summed E-state index contributed by atoms with van der Waals surface area (Å²) in [4.78, 5) is 24.3. The van der Waals surface area contributed by atoms with E-state index in [2.05, 4.69) is 18.8 Å². The van der Waals surface area contributed by atoms with Gasteiger partial charge in [-0.15, -0.1) is 0 Å². The molecule has 3 rings (SSSR count). The number of hydrogen-bond acceptors (Lipinski definition) is 4. The van der Waals surface area contributed by atoms with Gasteiger partial charge in [0.2, 0.25) is 0 Å². The van der Waals surface area contributed by atoms with Gasteiger partial charge in [0.25, 0.3) is 0 Å². The van der Waals surface area contributed by atoms with Crippen LogP contribution in [0.15, 0.2) is 24.5 Å². The standard InChI is InChI=1S/C21H28F3NO3/c1-12-4-5-15-13(2)18(26)6-8-20(15,3)16(12)10-17(25-11-21(22,23)24)14-7-9-28-19(14)27/h7,9,13-17,25H,1,4-6,8,10-11H2,2-3H3/t13-,14?,15?,16?,17?,20+/m1/s1. The molecule has 0 aromatic rings. The average molecular weight is 399 g/mol. The van der Waals surface area contributed by atoms with E-state index in [0.717, 1.165) is 18.4 Å². The Labute approximate surface area is 163 Å². The molecular formula is C21H28F3NO3. The maximum absolute atomic E-state index is 12.8. The van der Waals surface area contributed by atoms with E-state index in [4.69, 9.17) is 4.74 Å². The zero-order valence-corrected chi connectivity index (χ0v) is 16.3. The molecule has 28 heavy (non-hydrogen) atoms. The molecule has 4 unspecified atom stereocenters. The number of carbonyl (C=O) groups excluding carboxylic acids is 2. The Morgan fingerprint density at radius 1 is 1.36 bits per heavy atom. The topological polar surface area (TPSA) is 55.4 Å². The maximum atomic E-state index is 12.8. The number of Topliss-reactive ketones (excluding diaryl/α,β-unsaturated/α-hetero) is 1. The number of rotatable bonds is 5. The lowest BCUT2D eigenvalue weighted by Gasteiger charge is -2.54. The third-order valence-electron chi connectivity index (χ3n) is 7.16. The van der Waals surface area contributed by atoms with Crippen LogP contribution in [0.1, 0.15) is 46.0 Å². The Kier molecular flexibility index (Phi) is 5.76. The fourth-order valence-electron chi connectivity index (χ4n) is 5.53. The Hall–Kier alpha value is -1.63. The summed E-state index contributed by atoms with van der Waals surface area (Å²) < 4.78 is 43.4. The summed E-state index contributed by atoms with van der Waals surface area (Å²) >= 11 is 0. The predicted octanol–water partition coefficient (Wildman–Crippen LogP) is 4.17. The largest absolute Gasteiger partial charge is 0.434 e. The molecule has 156 valence electrons. The number of carbonyl (C=O) groups is 2. The molecule has 1 N–H and O–H groups in total. The van der Waals surface area contributed by atoms with Crippen molar-refractivity contribution < 1.29 is 27.5 Å². The van der Waals surface area contributed by atoms with Gasteiger partial charge in [0.05, 0.1) is 18.7 Å². The number of allylic oxidation sites excluding steroid dienone is 1. The van der Waals surface area contributed by atoms with Gasteiger partial charge in [-0.1, -0.05) is 26.0 Å². The molecule has 6 atom stereocenters. The SMILES string of the molecule is C=C1CCC2[C@@H](C)C(=O)CC[C@]2(C)C1CC(NCC(F)(F)F)C1C=COC1=O. The molecule has 2 aliphatic carbocycles. The molecular weight excluding hydrogens is 371 g/mol. The van der Waals surface area contributed by atoms with Crippen LogP contribution in [0.3, 0.4) is 0 Å². The highest BCUT2D eigenvalue weighted by Gasteiger charge is 2.52. The summed E-state index contributed by atoms with van der Waals surface area (Å²) in [5, 5.41) is 2.55. The van der Waals surface area contributed by atoms with Crippen LogP contribution in [0.25, 0.3) is 0 Å². The summed E-state index contributed by atoms with van der Waals surface area (Å²) in [7, 11) is 0. The lowest BCUT2D eigenvalue weighted by molar-refractivity contribution is -0.142. The van der Waals surface area contributed by atoms with Gasteiger partial charge < -0.3 is 10.1 Å². The summed E-state index contributed by atoms with van der Waals surface area (Å²) in [6, 6.07) is -0.696. The molecule has 2 saturated carbocycles. The van der Waals surface area contributed by atoms with E-state index in [1.165, 1.54) is 12.3 Å². The molecule has 2 fully saturated rings. The quantitative estimate of drug-likeness (QED) is 0.557. The third-order valence-corrected chi connectivity index (χ3v) is 7.16. The van der Waals surface area contributed by atoms with Gasteiger partial charge in [-0.25, -0.2) is 0 Å². The van der Waals surface area contributed by atoms with Crippen molar-refractivity contribution in [3.8, 4) is 0 Å². The smallest absolute Gasteiger partial charge is 0.401 e. The zero-order valence-electron chi connectivity index (χ0n) is 16.3. The first kappa shape index (κ1) is 21.1. The minimum Gasteiger partial charge on any atom is -0.434 e. The van der Waals surface area contributed by atoms with Gasteiger partial charge in [-0.2, -0.15) is 13.2 Å². The van der Waals surface area contributed by atoms with E-state index in [1.807, 2.05) is 6.92 Å². The first-order valence-corrected chi connectivity index (χ1v) is 9.90. The van der Waals surface area contributed by atoms with Crippen LogP contribution in [-0.4, -0.2) is 30.5 Å². The fourth-order valence-corrected chi connectivity index (χ4v) is 5.53. The second kappa shape index (κ2) is 7.65. The molecule has 0 bridgehead atoms. The van der Waals surface area contributed by atoms with E-state index in [0.29, 0.717) is 19.3 Å². The van der Waals surface area contributed by atoms with E-state index in [-0.39, 0.29) is 29.0 Å². The van der Waals surface area contributed by atoms with Crippen LogP contribution >= 0.6 is 0 Å². The molecule has 1 heterocycles. The molecule has 0 spiro atoms. The Balaban J connectivity index is 1.85. The van der Waals surface area contributed by atoms with Gasteiger partial charge in [0, 0.05) is 18.4 Å². The van der Waals surface area contributed by atoms with Crippen molar-refractivity contribution >= 4 is 11.8 Å². The molecule has 1 aliphatic heterocycles. The number of cyclic esters (lactones) is 1. The van der Waals surface area contributed by atoms with Gasteiger partial charge in [0.1, 0.15) is 5.78 Å². The number of nitrogens with one attached hydrogen (secondary N) is 1. The normalized spacial score (nSPS) is 37.0. The fraction of sp³-hybridized carbons (Fsp3) is 0.714. The van der Waals surface area contributed by atoms with Crippen molar-refractivity contribution in [2.24, 2.45) is 29.1 Å². The number of alkyl halides is 3. The van der Waals surface area contributed by atoms with Crippen LogP contribution < -0.4 is 5.32 Å². The van der Waals surface area contributed by atoms with E-state index in [1.54, 1.807) is 0 Å². The Morgan fingerprint density at radius 3 is 2.68 bits per heavy atom. The van der Waals surface area contributed by atoms with Crippen molar-refractivity contribution in [2.45, 2.75) is 58.2 Å². The van der Waals surface area contributed by atoms with E-state index < -0.39 is 30.7 Å². The lowest BCUT2D eigenvalue weighted by atomic mass is 9.50. The van der Waals surface area contributed by atoms with Crippen LogP contribution in [0.2, 0.25) is 0 Å². The summed E-state index contributed by atoms with van der Waals surface area (Å²) in [5.74, 6) is -0.917. The van der Waals surface area contributed by atoms with E-state index in [9.17, 15) is 22.8 Å². The van der Waals surface area contributed by atoms with Crippen molar-refractivity contribution in [1.82, 2.24) is 5.32 Å². The summed E-state index contributed by atoms with van der Waals surface area (Å²) in [6.07, 6.45) is 1.61. The minimum atomic E-state index is -4.37. The molecule has 0 saturated heterocycles. The number of hydrogen-bond donors (Lipinski definition) is 1. The average Bonchev–Trinajstić information content (AvgIpc) is 3.03. The van der Waals surface area contributed by atoms with Gasteiger partial charge in [-0.05, 0) is 49.0 Å². The van der Waals surface area contributed by atoms with Crippen LogP contribution in [0.4, 0.5) is 13.2 Å². The molecule has 0 aromatic carbocycles.